The van der Waals surface area contributed by atoms with E-state index in [1.54, 1.807) is 19.1 Å². The van der Waals surface area contributed by atoms with Crippen LogP contribution in [0.5, 0.6) is 5.75 Å². The molecule has 1 unspecified atom stereocenters. The number of carbonyl (C=O) groups is 1. The normalized spacial score (nSPS) is 11.5. The molecule has 1 N–H and O–H groups in total. The van der Waals surface area contributed by atoms with E-state index in [0.717, 1.165) is 0 Å². The zero-order valence-electron chi connectivity index (χ0n) is 11.4. The molecule has 6 nitrogen and oxygen atoms in total. The van der Waals surface area contributed by atoms with E-state index in [0.29, 0.717) is 11.4 Å². The molecule has 0 fully saturated rings. The molecule has 108 valence electrons. The van der Waals surface area contributed by atoms with E-state index in [2.05, 4.69) is 5.32 Å². The first-order valence-electron chi connectivity index (χ1n) is 6.33. The number of nitrogens with one attached hydrogen (secondary N) is 1. The van der Waals surface area contributed by atoms with Gasteiger partial charge in [0.05, 0.1) is 4.92 Å². The van der Waals surface area contributed by atoms with Crippen molar-refractivity contribution in [2.75, 3.05) is 5.32 Å². The van der Waals surface area contributed by atoms with E-state index in [4.69, 9.17) is 4.74 Å². The van der Waals surface area contributed by atoms with Crippen LogP contribution in [-0.2, 0) is 4.79 Å². The minimum atomic E-state index is -0.716. The predicted molar refractivity (Wildman–Crippen MR) is 78.3 cm³/mol. The van der Waals surface area contributed by atoms with Crippen molar-refractivity contribution >= 4 is 17.3 Å². The number of carbonyl (C=O) groups excluding carboxylic acids is 1. The van der Waals surface area contributed by atoms with Gasteiger partial charge in [-0.2, -0.15) is 0 Å². The molecule has 0 radical (unpaired) electrons. The number of anilines is 1. The van der Waals surface area contributed by atoms with Crippen molar-refractivity contribution in [1.29, 1.82) is 0 Å². The second kappa shape index (κ2) is 6.51. The summed E-state index contributed by atoms with van der Waals surface area (Å²) in [6.07, 6.45) is -0.716. The first-order chi connectivity index (χ1) is 10.1. The van der Waals surface area contributed by atoms with Crippen LogP contribution >= 0.6 is 0 Å². The Morgan fingerprint density at radius 2 is 1.76 bits per heavy atom. The quantitative estimate of drug-likeness (QED) is 0.676. The highest BCUT2D eigenvalue weighted by Gasteiger charge is 2.15. The molecule has 0 saturated carbocycles. The lowest BCUT2D eigenvalue weighted by atomic mass is 10.3. The Morgan fingerprint density at radius 3 is 2.33 bits per heavy atom. The molecule has 0 aliphatic heterocycles. The second-order valence-corrected chi connectivity index (χ2v) is 4.37. The van der Waals surface area contributed by atoms with Crippen molar-refractivity contribution in [3.8, 4) is 5.75 Å². The van der Waals surface area contributed by atoms with Crippen molar-refractivity contribution in [2.24, 2.45) is 0 Å². The lowest BCUT2D eigenvalue weighted by molar-refractivity contribution is -0.384. The third-order valence-corrected chi connectivity index (χ3v) is 2.77. The number of non-ortho nitro benzene ring substituents is 1. The fourth-order valence-corrected chi connectivity index (χ4v) is 1.67. The molecule has 2 rings (SSSR count). The molecule has 6 heteroatoms. The van der Waals surface area contributed by atoms with E-state index in [9.17, 15) is 14.9 Å². The van der Waals surface area contributed by atoms with Crippen LogP contribution in [0.25, 0.3) is 0 Å². The molecular weight excluding hydrogens is 272 g/mol. The van der Waals surface area contributed by atoms with Crippen molar-refractivity contribution in [3.05, 3.63) is 64.7 Å². The Labute approximate surface area is 121 Å². The lowest BCUT2D eigenvalue weighted by Crippen LogP contribution is -2.30. The predicted octanol–water partition coefficient (Wildman–Crippen LogP) is 3.00. The summed E-state index contributed by atoms with van der Waals surface area (Å²) in [4.78, 5) is 22.0. The number of rotatable bonds is 5. The van der Waals surface area contributed by atoms with E-state index in [1.807, 2.05) is 18.2 Å². The summed E-state index contributed by atoms with van der Waals surface area (Å²) in [5, 5.41) is 13.3. The molecule has 0 spiro atoms. The standard InChI is InChI=1S/C15H14N2O4/c1-11(15(18)16-12-5-3-2-4-6-12)21-14-9-7-13(8-10-14)17(19)20/h2-11H,1H3,(H,16,18). The first kappa shape index (κ1) is 14.5. The number of nitrogens with zero attached hydrogens (tertiary/aromatic N) is 1. The van der Waals surface area contributed by atoms with Crippen LogP contribution in [0.4, 0.5) is 11.4 Å². The van der Waals surface area contributed by atoms with Crippen LogP contribution in [-0.4, -0.2) is 16.9 Å². The Balaban J connectivity index is 1.95. The van der Waals surface area contributed by atoms with Crippen molar-refractivity contribution in [2.45, 2.75) is 13.0 Å². The van der Waals surface area contributed by atoms with Crippen LogP contribution in [0.15, 0.2) is 54.6 Å². The van der Waals surface area contributed by atoms with Gasteiger partial charge in [0.25, 0.3) is 11.6 Å². The lowest BCUT2D eigenvalue weighted by Gasteiger charge is -2.14. The zero-order chi connectivity index (χ0) is 15.2. The van der Waals surface area contributed by atoms with Crippen LogP contribution in [0.1, 0.15) is 6.92 Å². The highest BCUT2D eigenvalue weighted by Crippen LogP contribution is 2.18. The Bertz CT molecular complexity index is 626. The molecule has 0 aliphatic rings. The maximum absolute atomic E-state index is 11.9. The third kappa shape index (κ3) is 4.04. The number of hydrogen-bond donors (Lipinski definition) is 1. The molecule has 1 amide bonds. The molecule has 21 heavy (non-hydrogen) atoms. The molecule has 0 saturated heterocycles. The van der Waals surface area contributed by atoms with Crippen LogP contribution in [0.2, 0.25) is 0 Å². The Hall–Kier alpha value is -2.89. The van der Waals surface area contributed by atoms with Gasteiger partial charge in [-0.3, -0.25) is 14.9 Å². The van der Waals surface area contributed by atoms with Crippen molar-refractivity contribution in [1.82, 2.24) is 0 Å². The minimum absolute atomic E-state index is 0.0243. The number of para-hydroxylation sites is 1. The molecule has 0 aromatic heterocycles. The summed E-state index contributed by atoms with van der Waals surface area (Å²) in [5.41, 5.74) is 0.658. The fraction of sp³-hybridized carbons (Fsp3) is 0.133. The summed E-state index contributed by atoms with van der Waals surface area (Å²) in [6, 6.07) is 14.6. The minimum Gasteiger partial charge on any atom is -0.481 e. The highest BCUT2D eigenvalue weighted by molar-refractivity contribution is 5.94. The van der Waals surface area contributed by atoms with Gasteiger partial charge in [-0.05, 0) is 31.2 Å². The second-order valence-electron chi connectivity index (χ2n) is 4.37. The van der Waals surface area contributed by atoms with Crippen molar-refractivity contribution in [3.63, 3.8) is 0 Å². The number of nitro groups is 1. The fourth-order valence-electron chi connectivity index (χ4n) is 1.67. The van der Waals surface area contributed by atoms with E-state index >= 15 is 0 Å². The summed E-state index contributed by atoms with van der Waals surface area (Å²) < 4.78 is 5.45. The maximum atomic E-state index is 11.9. The van der Waals surface area contributed by atoms with E-state index in [-0.39, 0.29) is 11.6 Å². The zero-order valence-corrected chi connectivity index (χ0v) is 11.4. The van der Waals surface area contributed by atoms with E-state index < -0.39 is 11.0 Å². The number of hydrogen-bond acceptors (Lipinski definition) is 4. The smallest absolute Gasteiger partial charge is 0.269 e. The largest absolute Gasteiger partial charge is 0.481 e. The van der Waals surface area contributed by atoms with Gasteiger partial charge in [0.2, 0.25) is 0 Å². The third-order valence-electron chi connectivity index (χ3n) is 2.77. The van der Waals surface area contributed by atoms with Gasteiger partial charge in [0.1, 0.15) is 5.75 Å². The first-order valence-corrected chi connectivity index (χ1v) is 6.33. The molecular formula is C15H14N2O4. The molecule has 0 aliphatic carbocycles. The monoisotopic (exact) mass is 286 g/mol. The summed E-state index contributed by atoms with van der Waals surface area (Å²) in [6.45, 7) is 1.61. The van der Waals surface area contributed by atoms with Gasteiger partial charge in [-0.15, -0.1) is 0 Å². The van der Waals surface area contributed by atoms with Crippen LogP contribution in [0.3, 0.4) is 0 Å². The Kier molecular flexibility index (Phi) is 4.50. The molecule has 1 atom stereocenters. The van der Waals surface area contributed by atoms with Gasteiger partial charge >= 0.3 is 0 Å². The number of amides is 1. The van der Waals surface area contributed by atoms with Crippen molar-refractivity contribution < 1.29 is 14.5 Å². The SMILES string of the molecule is CC(Oc1ccc([N+](=O)[O-])cc1)C(=O)Nc1ccccc1. The maximum Gasteiger partial charge on any atom is 0.269 e. The molecule has 0 bridgehead atoms. The average Bonchev–Trinajstić information content (AvgIpc) is 2.48. The summed E-state index contributed by atoms with van der Waals surface area (Å²) in [7, 11) is 0. The number of ether oxygens (including phenoxy) is 1. The van der Waals surface area contributed by atoms with Gasteiger partial charge in [0, 0.05) is 17.8 Å². The molecule has 2 aromatic rings. The van der Waals surface area contributed by atoms with Gasteiger partial charge in [-0.25, -0.2) is 0 Å². The summed E-state index contributed by atoms with van der Waals surface area (Å²) in [5.74, 6) is 0.107. The molecule has 2 aromatic carbocycles. The van der Waals surface area contributed by atoms with Crippen LogP contribution in [0, 0.1) is 10.1 Å². The van der Waals surface area contributed by atoms with Gasteiger partial charge in [0.15, 0.2) is 6.10 Å². The summed E-state index contributed by atoms with van der Waals surface area (Å²) >= 11 is 0. The topological polar surface area (TPSA) is 81.5 Å². The van der Waals surface area contributed by atoms with E-state index in [1.165, 1.54) is 24.3 Å². The number of benzene rings is 2. The molecule has 0 heterocycles. The van der Waals surface area contributed by atoms with Crippen LogP contribution < -0.4 is 10.1 Å². The average molecular weight is 286 g/mol. The van der Waals surface area contributed by atoms with Gasteiger partial charge < -0.3 is 10.1 Å². The number of nitro benzene ring substituents is 1. The van der Waals surface area contributed by atoms with Gasteiger partial charge in [-0.1, -0.05) is 18.2 Å². The highest BCUT2D eigenvalue weighted by atomic mass is 16.6. The Morgan fingerprint density at radius 1 is 1.14 bits per heavy atom.